The number of amides is 1. The Morgan fingerprint density at radius 2 is 1.04 bits per heavy atom. The Bertz CT molecular complexity index is 2540. The van der Waals surface area contributed by atoms with Crippen molar-refractivity contribution < 1.29 is 18.7 Å². The largest absolute Gasteiger partial charge is 0.469 e. The van der Waals surface area contributed by atoms with Crippen molar-refractivity contribution in [1.29, 1.82) is 0 Å². The first-order chi connectivity index (χ1) is 34.9. The quantitative estimate of drug-likeness (QED) is 0.0412. The van der Waals surface area contributed by atoms with Crippen LogP contribution in [-0.2, 0) is 23.8 Å². The number of halogens is 1. The van der Waals surface area contributed by atoms with Gasteiger partial charge in [0, 0.05) is 42.6 Å². The van der Waals surface area contributed by atoms with Gasteiger partial charge in [0.05, 0.1) is 29.1 Å². The van der Waals surface area contributed by atoms with Crippen molar-refractivity contribution in [3.63, 3.8) is 0 Å². The molecular weight excluding hydrogens is 918 g/mol. The number of fused-ring (bicyclic) bond motifs is 2. The van der Waals surface area contributed by atoms with Crippen molar-refractivity contribution in [2.75, 3.05) is 51.3 Å². The van der Waals surface area contributed by atoms with Crippen LogP contribution < -0.4 is 5.32 Å². The van der Waals surface area contributed by atoms with E-state index in [2.05, 4.69) is 197 Å². The fraction of sp³-hybridized carbons (Fsp3) is 0.290. The van der Waals surface area contributed by atoms with Gasteiger partial charge in [0.1, 0.15) is 5.82 Å². The number of rotatable bonds is 22. The number of nitrogens with zero attached hydrogens (tertiary/aromatic N) is 2. The number of methoxy groups -OCH3 is 1. The molecular formula is C62H64FN3O3S2. The van der Waals surface area contributed by atoms with Crippen LogP contribution in [0.4, 0.5) is 4.39 Å². The molecule has 9 heteroatoms. The van der Waals surface area contributed by atoms with Crippen LogP contribution in [0, 0.1) is 11.7 Å². The lowest BCUT2D eigenvalue weighted by Crippen LogP contribution is -2.51. The van der Waals surface area contributed by atoms with E-state index < -0.39 is 9.49 Å². The molecule has 6 nitrogen and oxygen atoms in total. The molecule has 7 aromatic carbocycles. The Labute approximate surface area is 428 Å². The molecule has 2 heterocycles. The summed E-state index contributed by atoms with van der Waals surface area (Å²) in [5, 5.41) is 3.34. The minimum Gasteiger partial charge on any atom is -0.469 e. The summed E-state index contributed by atoms with van der Waals surface area (Å²) in [6.07, 6.45) is 3.59. The molecule has 364 valence electrons. The van der Waals surface area contributed by atoms with Crippen LogP contribution in [0.1, 0.15) is 70.5 Å². The summed E-state index contributed by atoms with van der Waals surface area (Å²) >= 11 is 3.77. The maximum absolute atomic E-state index is 14.3. The van der Waals surface area contributed by atoms with Crippen LogP contribution in [0.25, 0.3) is 0 Å². The van der Waals surface area contributed by atoms with Gasteiger partial charge in [0.2, 0.25) is 5.91 Å². The molecule has 1 N–H and O–H groups in total. The highest BCUT2D eigenvalue weighted by molar-refractivity contribution is 8.00. The molecule has 2 saturated heterocycles. The van der Waals surface area contributed by atoms with Gasteiger partial charge in [0.25, 0.3) is 0 Å². The molecule has 0 spiro atoms. The minimum atomic E-state index is -0.478. The number of benzene rings is 7. The van der Waals surface area contributed by atoms with E-state index >= 15 is 0 Å². The van der Waals surface area contributed by atoms with Crippen molar-refractivity contribution in [3.05, 3.63) is 251 Å². The summed E-state index contributed by atoms with van der Waals surface area (Å²) < 4.78 is 18.5. The average Bonchev–Trinajstić information content (AvgIpc) is 3.70. The number of hydrogen-bond acceptors (Lipinski definition) is 7. The second kappa shape index (κ2) is 24.0. The minimum absolute atomic E-state index is 0.00621. The highest BCUT2D eigenvalue weighted by Gasteiger charge is 2.51. The van der Waals surface area contributed by atoms with Gasteiger partial charge in [-0.05, 0) is 89.8 Å². The van der Waals surface area contributed by atoms with Crippen LogP contribution in [0.2, 0.25) is 0 Å². The Morgan fingerprint density at radius 1 is 0.606 bits per heavy atom. The fourth-order valence-corrected chi connectivity index (χ4v) is 14.4. The fourth-order valence-electron chi connectivity index (χ4n) is 11.4. The molecule has 2 unspecified atom stereocenters. The number of hydrogen-bond donors (Lipinski definition) is 1. The topological polar surface area (TPSA) is 61.9 Å². The monoisotopic (exact) mass is 981 g/mol. The van der Waals surface area contributed by atoms with Gasteiger partial charge in [-0.2, -0.15) is 0 Å². The van der Waals surface area contributed by atoms with E-state index in [4.69, 9.17) is 4.74 Å². The first kappa shape index (κ1) is 50.0. The van der Waals surface area contributed by atoms with Gasteiger partial charge in [-0.3, -0.25) is 19.4 Å². The van der Waals surface area contributed by atoms with Crippen LogP contribution in [-0.4, -0.2) is 85.1 Å². The van der Waals surface area contributed by atoms with E-state index in [0.717, 1.165) is 50.1 Å². The lowest BCUT2D eigenvalue weighted by molar-refractivity contribution is -0.150. The van der Waals surface area contributed by atoms with Gasteiger partial charge in [-0.25, -0.2) is 4.39 Å². The molecule has 0 aromatic heterocycles. The number of carbonyl (C=O) groups is 2. The highest BCUT2D eigenvalue weighted by Crippen LogP contribution is 2.51. The molecule has 9 rings (SSSR count). The second-order valence-electron chi connectivity index (χ2n) is 18.7. The number of esters is 1. The molecule has 71 heavy (non-hydrogen) atoms. The number of nitrogens with one attached hydrogen (secondary N) is 1. The van der Waals surface area contributed by atoms with Gasteiger partial charge in [-0.1, -0.05) is 194 Å². The molecule has 0 saturated carbocycles. The van der Waals surface area contributed by atoms with E-state index in [1.54, 1.807) is 0 Å². The molecule has 0 radical (unpaired) electrons. The van der Waals surface area contributed by atoms with E-state index in [1.807, 2.05) is 35.7 Å². The van der Waals surface area contributed by atoms with Crippen molar-refractivity contribution in [3.8, 4) is 0 Å². The zero-order valence-corrected chi connectivity index (χ0v) is 42.2. The number of carbonyl (C=O) groups excluding carboxylic acids is 2. The Morgan fingerprint density at radius 3 is 1.48 bits per heavy atom. The summed E-state index contributed by atoms with van der Waals surface area (Å²) in [4.78, 5) is 32.7. The second-order valence-corrected chi connectivity index (χ2v) is 21.3. The zero-order valence-electron chi connectivity index (χ0n) is 40.5. The predicted octanol–water partition coefficient (Wildman–Crippen LogP) is 12.2. The average molecular weight is 982 g/mol. The zero-order chi connectivity index (χ0) is 48.9. The first-order valence-electron chi connectivity index (χ1n) is 25.1. The number of ether oxygens (including phenoxy) is 1. The van der Waals surface area contributed by atoms with Gasteiger partial charge < -0.3 is 10.1 Å². The van der Waals surface area contributed by atoms with Gasteiger partial charge >= 0.3 is 5.97 Å². The van der Waals surface area contributed by atoms with Crippen LogP contribution in [0.5, 0.6) is 0 Å². The smallest absolute Gasteiger partial charge is 0.310 e. The SMILES string of the molecule is COC(=O)C1C2CC[C@H](C[C@@H]1c1ccc(F)cc1)N2CCCN(CCSC(c1ccccc1)(c1ccccc1)c1ccccc1)CC(=O)NCCSC(c1ccccc1)(c1ccccc1)c1ccccc1. The Balaban J connectivity index is 0.933. The lowest BCUT2D eigenvalue weighted by Gasteiger charge is -2.44. The van der Waals surface area contributed by atoms with Crippen LogP contribution in [0.15, 0.2) is 206 Å². The highest BCUT2D eigenvalue weighted by atomic mass is 32.2. The number of piperidine rings is 1. The molecule has 2 aliphatic heterocycles. The third-order valence-electron chi connectivity index (χ3n) is 14.6. The van der Waals surface area contributed by atoms with E-state index in [-0.39, 0.29) is 42.1 Å². The Kier molecular flexibility index (Phi) is 16.9. The summed E-state index contributed by atoms with van der Waals surface area (Å²) in [7, 11) is 1.48. The molecule has 4 atom stereocenters. The maximum Gasteiger partial charge on any atom is 0.310 e. The van der Waals surface area contributed by atoms with Crippen molar-refractivity contribution in [2.45, 2.75) is 53.2 Å². The van der Waals surface area contributed by atoms with E-state index in [9.17, 15) is 14.0 Å². The van der Waals surface area contributed by atoms with Crippen molar-refractivity contribution >= 4 is 35.4 Å². The number of thioether (sulfide) groups is 2. The molecule has 0 aliphatic carbocycles. The van der Waals surface area contributed by atoms with Gasteiger partial charge in [0.15, 0.2) is 0 Å². The van der Waals surface area contributed by atoms with Crippen LogP contribution >= 0.6 is 23.5 Å². The van der Waals surface area contributed by atoms with E-state index in [1.165, 1.54) is 52.6 Å². The van der Waals surface area contributed by atoms with Crippen LogP contribution in [0.3, 0.4) is 0 Å². The van der Waals surface area contributed by atoms with Gasteiger partial charge in [-0.15, -0.1) is 23.5 Å². The molecule has 2 fully saturated rings. The first-order valence-corrected chi connectivity index (χ1v) is 27.1. The van der Waals surface area contributed by atoms with E-state index in [0.29, 0.717) is 24.9 Å². The lowest BCUT2D eigenvalue weighted by atomic mass is 9.76. The summed E-state index contributed by atoms with van der Waals surface area (Å²) in [6, 6.07) is 71.4. The standard InChI is InChI=1S/C62H64FN3O3S2/c1-69-60(68)59-56(47-33-35-54(63)36-34-47)45-55-37-38-57(59)66(55)41-20-40-65(42-44-71-62(51-27-14-5-15-28-51,52-29-16-6-17-30-52)53-31-18-7-19-32-53)46-58(67)64-39-43-70-61(48-21-8-2-9-22-48,49-23-10-3-11-24-49)50-25-12-4-13-26-50/h2-19,21-36,55-57,59H,20,37-46H2,1H3,(H,64,67)/t55-,56-,57?,59?/m1/s1. The summed E-state index contributed by atoms with van der Waals surface area (Å²) in [5.41, 5.74) is 8.21. The Hall–Kier alpha value is -5.97. The van der Waals surface area contributed by atoms with Crippen molar-refractivity contribution in [1.82, 2.24) is 15.1 Å². The maximum atomic E-state index is 14.3. The third-order valence-corrected chi connectivity index (χ3v) is 17.7. The molecule has 1 amide bonds. The molecule has 2 bridgehead atoms. The van der Waals surface area contributed by atoms with Crippen molar-refractivity contribution in [2.24, 2.45) is 5.92 Å². The molecule has 2 aliphatic rings. The summed E-state index contributed by atoms with van der Waals surface area (Å²) in [5.74, 6) is 0.653. The molecule has 7 aromatic rings. The summed E-state index contributed by atoms with van der Waals surface area (Å²) in [6.45, 7) is 3.01. The third kappa shape index (κ3) is 11.2. The normalized spacial score (nSPS) is 18.0. The predicted molar refractivity (Wildman–Crippen MR) is 290 cm³/mol.